The van der Waals surface area contributed by atoms with Crippen LogP contribution in [0.15, 0.2) is 36.4 Å². The molecule has 3 rings (SSSR count). The number of nitrogen functional groups attached to an aromatic ring is 1. The summed E-state index contributed by atoms with van der Waals surface area (Å²) in [6, 6.07) is 12.3. The molecule has 0 saturated carbocycles. The Morgan fingerprint density at radius 3 is 2.59 bits per heavy atom. The van der Waals surface area contributed by atoms with Crippen LogP contribution in [0.25, 0.3) is 0 Å². The van der Waals surface area contributed by atoms with Crippen LogP contribution in [0.1, 0.15) is 16.7 Å². The molecule has 2 aromatic carbocycles. The Kier molecular flexibility index (Phi) is 4.20. The van der Waals surface area contributed by atoms with Gasteiger partial charge in [-0.1, -0.05) is 12.1 Å². The predicted molar refractivity (Wildman–Crippen MR) is 88.2 cm³/mol. The van der Waals surface area contributed by atoms with E-state index in [-0.39, 0.29) is 0 Å². The summed E-state index contributed by atoms with van der Waals surface area (Å²) in [4.78, 5) is 2.43. The predicted octanol–water partition coefficient (Wildman–Crippen LogP) is 2.84. The van der Waals surface area contributed by atoms with Crippen molar-refractivity contribution < 1.29 is 9.47 Å². The van der Waals surface area contributed by atoms with E-state index in [2.05, 4.69) is 23.1 Å². The summed E-state index contributed by atoms with van der Waals surface area (Å²) in [6.45, 7) is 2.90. The number of nitrogens with zero attached hydrogens (tertiary/aromatic N) is 1. The normalized spacial score (nSPS) is 14.5. The van der Waals surface area contributed by atoms with Gasteiger partial charge in [-0.3, -0.25) is 4.90 Å². The van der Waals surface area contributed by atoms with Crippen molar-refractivity contribution in [1.29, 1.82) is 0 Å². The van der Waals surface area contributed by atoms with Gasteiger partial charge >= 0.3 is 0 Å². The topological polar surface area (TPSA) is 47.7 Å². The number of hydrogen-bond acceptors (Lipinski definition) is 4. The number of ether oxygens (including phenoxy) is 2. The molecule has 1 aliphatic heterocycles. The Hall–Kier alpha value is -2.20. The SMILES string of the molecule is COc1ccc(CN2CCc3ccc(N)cc3C2)cc1OC. The number of methoxy groups -OCH3 is 2. The van der Waals surface area contributed by atoms with Crippen molar-refractivity contribution in [2.45, 2.75) is 19.5 Å². The average molecular weight is 298 g/mol. The van der Waals surface area contributed by atoms with Gasteiger partial charge in [0, 0.05) is 25.3 Å². The van der Waals surface area contributed by atoms with Crippen molar-refractivity contribution in [2.75, 3.05) is 26.5 Å². The van der Waals surface area contributed by atoms with Gasteiger partial charge in [-0.15, -0.1) is 0 Å². The zero-order valence-electron chi connectivity index (χ0n) is 13.1. The van der Waals surface area contributed by atoms with Crippen LogP contribution in [0.2, 0.25) is 0 Å². The molecule has 4 heteroatoms. The van der Waals surface area contributed by atoms with Crippen LogP contribution in [0, 0.1) is 0 Å². The van der Waals surface area contributed by atoms with E-state index in [1.54, 1.807) is 14.2 Å². The van der Waals surface area contributed by atoms with E-state index >= 15 is 0 Å². The summed E-state index contributed by atoms with van der Waals surface area (Å²) in [5.41, 5.74) is 10.7. The van der Waals surface area contributed by atoms with E-state index in [9.17, 15) is 0 Å². The molecule has 0 unspecified atom stereocenters. The first-order valence-electron chi connectivity index (χ1n) is 7.50. The third kappa shape index (κ3) is 3.02. The molecule has 0 radical (unpaired) electrons. The van der Waals surface area contributed by atoms with Gasteiger partial charge in [0.05, 0.1) is 14.2 Å². The first-order valence-corrected chi connectivity index (χ1v) is 7.50. The number of fused-ring (bicyclic) bond motifs is 1. The average Bonchev–Trinajstić information content (AvgIpc) is 2.54. The maximum absolute atomic E-state index is 5.90. The molecular weight excluding hydrogens is 276 g/mol. The summed E-state index contributed by atoms with van der Waals surface area (Å²) < 4.78 is 10.7. The largest absolute Gasteiger partial charge is 0.493 e. The third-order valence-electron chi connectivity index (χ3n) is 4.18. The fourth-order valence-electron chi connectivity index (χ4n) is 3.01. The summed E-state index contributed by atoms with van der Waals surface area (Å²) in [5, 5.41) is 0. The molecule has 1 heterocycles. The van der Waals surface area contributed by atoms with Crippen LogP contribution >= 0.6 is 0 Å². The standard InChI is InChI=1S/C18H22N2O2/c1-21-17-6-3-13(9-18(17)22-2)11-20-8-7-14-4-5-16(19)10-15(14)12-20/h3-6,9-10H,7-8,11-12,19H2,1-2H3. The number of benzene rings is 2. The zero-order chi connectivity index (χ0) is 15.5. The Balaban J connectivity index is 1.74. The highest BCUT2D eigenvalue weighted by Gasteiger charge is 2.17. The second-order valence-electron chi connectivity index (χ2n) is 5.68. The van der Waals surface area contributed by atoms with Crippen molar-refractivity contribution in [3.8, 4) is 11.5 Å². The number of hydrogen-bond donors (Lipinski definition) is 1. The van der Waals surface area contributed by atoms with Crippen molar-refractivity contribution >= 4 is 5.69 Å². The highest BCUT2D eigenvalue weighted by molar-refractivity contribution is 5.46. The van der Waals surface area contributed by atoms with Gasteiger partial charge < -0.3 is 15.2 Å². The molecule has 0 fully saturated rings. The van der Waals surface area contributed by atoms with E-state index in [1.165, 1.54) is 16.7 Å². The lowest BCUT2D eigenvalue weighted by Crippen LogP contribution is -2.30. The first kappa shape index (κ1) is 14.7. The Bertz CT molecular complexity index is 670. The first-order chi connectivity index (χ1) is 10.7. The summed E-state index contributed by atoms with van der Waals surface area (Å²) in [5.74, 6) is 1.55. The Morgan fingerprint density at radius 1 is 1.00 bits per heavy atom. The van der Waals surface area contributed by atoms with Crippen LogP contribution in [0.4, 0.5) is 5.69 Å². The van der Waals surface area contributed by atoms with E-state index < -0.39 is 0 Å². The summed E-state index contributed by atoms with van der Waals surface area (Å²) in [7, 11) is 3.32. The molecule has 0 aliphatic carbocycles. The van der Waals surface area contributed by atoms with Gasteiger partial charge in [0.1, 0.15) is 0 Å². The zero-order valence-corrected chi connectivity index (χ0v) is 13.1. The maximum Gasteiger partial charge on any atom is 0.161 e. The molecule has 116 valence electrons. The molecule has 2 aromatic rings. The molecule has 0 amide bonds. The molecule has 0 bridgehead atoms. The van der Waals surface area contributed by atoms with Crippen molar-refractivity contribution in [1.82, 2.24) is 4.90 Å². The van der Waals surface area contributed by atoms with Gasteiger partial charge in [-0.25, -0.2) is 0 Å². The van der Waals surface area contributed by atoms with E-state index in [1.807, 2.05) is 18.2 Å². The van der Waals surface area contributed by atoms with Crippen molar-refractivity contribution in [2.24, 2.45) is 0 Å². The smallest absolute Gasteiger partial charge is 0.161 e. The van der Waals surface area contributed by atoms with Crippen LogP contribution in [-0.2, 0) is 19.5 Å². The molecule has 22 heavy (non-hydrogen) atoms. The van der Waals surface area contributed by atoms with E-state index in [4.69, 9.17) is 15.2 Å². The third-order valence-corrected chi connectivity index (χ3v) is 4.18. The van der Waals surface area contributed by atoms with Crippen LogP contribution in [0.3, 0.4) is 0 Å². The minimum absolute atomic E-state index is 0.767. The maximum atomic E-state index is 5.90. The van der Waals surface area contributed by atoms with Crippen LogP contribution in [0.5, 0.6) is 11.5 Å². The van der Waals surface area contributed by atoms with Gasteiger partial charge in [-0.2, -0.15) is 0 Å². The Labute approximate surface area is 131 Å². The highest BCUT2D eigenvalue weighted by atomic mass is 16.5. The number of rotatable bonds is 4. The lowest BCUT2D eigenvalue weighted by Gasteiger charge is -2.29. The molecule has 0 atom stereocenters. The minimum Gasteiger partial charge on any atom is -0.493 e. The molecule has 0 spiro atoms. The molecule has 4 nitrogen and oxygen atoms in total. The van der Waals surface area contributed by atoms with Crippen LogP contribution in [-0.4, -0.2) is 25.7 Å². The quantitative estimate of drug-likeness (QED) is 0.882. The second kappa shape index (κ2) is 6.28. The lowest BCUT2D eigenvalue weighted by molar-refractivity contribution is 0.245. The van der Waals surface area contributed by atoms with Gasteiger partial charge in [0.2, 0.25) is 0 Å². The van der Waals surface area contributed by atoms with Crippen molar-refractivity contribution in [3.05, 3.63) is 53.1 Å². The minimum atomic E-state index is 0.767. The second-order valence-corrected chi connectivity index (χ2v) is 5.68. The highest BCUT2D eigenvalue weighted by Crippen LogP contribution is 2.29. The van der Waals surface area contributed by atoms with E-state index in [0.29, 0.717) is 0 Å². The monoisotopic (exact) mass is 298 g/mol. The lowest BCUT2D eigenvalue weighted by atomic mass is 9.98. The number of anilines is 1. The van der Waals surface area contributed by atoms with Gasteiger partial charge in [0.25, 0.3) is 0 Å². The molecule has 0 saturated heterocycles. The number of nitrogens with two attached hydrogens (primary N) is 1. The summed E-state index contributed by atoms with van der Waals surface area (Å²) >= 11 is 0. The Morgan fingerprint density at radius 2 is 1.82 bits per heavy atom. The fraction of sp³-hybridized carbons (Fsp3) is 0.333. The molecule has 1 aliphatic rings. The van der Waals surface area contributed by atoms with Crippen LogP contribution < -0.4 is 15.2 Å². The van der Waals surface area contributed by atoms with Gasteiger partial charge in [-0.05, 0) is 47.4 Å². The fourth-order valence-corrected chi connectivity index (χ4v) is 3.01. The summed E-state index contributed by atoms with van der Waals surface area (Å²) in [6.07, 6.45) is 1.07. The van der Waals surface area contributed by atoms with E-state index in [0.717, 1.165) is 43.2 Å². The molecular formula is C18H22N2O2. The van der Waals surface area contributed by atoms with Crippen molar-refractivity contribution in [3.63, 3.8) is 0 Å². The van der Waals surface area contributed by atoms with Gasteiger partial charge in [0.15, 0.2) is 11.5 Å². The molecule has 0 aromatic heterocycles. The molecule has 2 N–H and O–H groups in total.